The third-order valence-electron chi connectivity index (χ3n) is 2.71. The largest absolute Gasteiger partial charge is 0.367 e. The van der Waals surface area contributed by atoms with Gasteiger partial charge in [-0.1, -0.05) is 6.92 Å². The van der Waals surface area contributed by atoms with E-state index in [1.807, 2.05) is 19.4 Å². The number of aromatic amines is 1. The van der Waals surface area contributed by atoms with Crippen molar-refractivity contribution in [1.29, 1.82) is 0 Å². The van der Waals surface area contributed by atoms with Crippen molar-refractivity contribution in [1.82, 2.24) is 15.3 Å². The van der Waals surface area contributed by atoms with E-state index < -0.39 is 0 Å². The Balaban J connectivity index is 2.18. The summed E-state index contributed by atoms with van der Waals surface area (Å²) in [4.78, 5) is 7.76. The third-order valence-corrected chi connectivity index (χ3v) is 3.72. The van der Waals surface area contributed by atoms with Crippen molar-refractivity contribution in [3.8, 4) is 11.3 Å². The molecule has 2 aromatic heterocycles. The lowest BCUT2D eigenvalue weighted by molar-refractivity contribution is 0.609. The quantitative estimate of drug-likeness (QED) is 0.836. The molecule has 0 radical (unpaired) electrons. The minimum absolute atomic E-state index is 0.530. The zero-order chi connectivity index (χ0) is 11.4. The molecule has 0 aromatic carbocycles. The van der Waals surface area contributed by atoms with Gasteiger partial charge in [-0.15, -0.1) is 11.3 Å². The molecule has 3 nitrogen and oxygen atoms in total. The number of nitrogens with one attached hydrogen (secondary N) is 2. The molecule has 2 N–H and O–H groups in total. The van der Waals surface area contributed by atoms with Gasteiger partial charge in [0.2, 0.25) is 0 Å². The highest BCUT2D eigenvalue weighted by molar-refractivity contribution is 7.10. The predicted octanol–water partition coefficient (Wildman–Crippen LogP) is 2.85. The Hall–Kier alpha value is -1.13. The summed E-state index contributed by atoms with van der Waals surface area (Å²) >= 11 is 1.76. The average molecular weight is 235 g/mol. The molecule has 0 amide bonds. The van der Waals surface area contributed by atoms with Crippen molar-refractivity contribution in [2.45, 2.75) is 19.3 Å². The highest BCUT2D eigenvalue weighted by Gasteiger charge is 2.13. The molecule has 0 fully saturated rings. The third kappa shape index (κ3) is 2.33. The second-order valence-electron chi connectivity index (χ2n) is 3.83. The molecular formula is C12H17N3S. The van der Waals surface area contributed by atoms with Crippen LogP contribution in [0.5, 0.6) is 0 Å². The van der Waals surface area contributed by atoms with Gasteiger partial charge in [-0.05, 0) is 19.5 Å². The molecule has 2 heterocycles. The van der Waals surface area contributed by atoms with Crippen LogP contribution in [0.25, 0.3) is 11.3 Å². The number of nitrogens with zero attached hydrogens (tertiary/aromatic N) is 1. The van der Waals surface area contributed by atoms with E-state index in [1.165, 1.54) is 10.6 Å². The number of rotatable bonds is 5. The summed E-state index contributed by atoms with van der Waals surface area (Å²) in [5.74, 6) is 0.530. The standard InChI is InChI=1S/C12H17N3S/c1-3-9(6-13-2)12-15-11(8-16-12)10-4-5-14-7-10/h4-5,7-9,13-14H,3,6H2,1-2H3. The van der Waals surface area contributed by atoms with Crippen LogP contribution < -0.4 is 5.32 Å². The molecule has 2 rings (SSSR count). The van der Waals surface area contributed by atoms with Gasteiger partial charge in [-0.25, -0.2) is 4.98 Å². The maximum Gasteiger partial charge on any atom is 0.0976 e. The fourth-order valence-electron chi connectivity index (χ4n) is 1.74. The smallest absolute Gasteiger partial charge is 0.0976 e. The second kappa shape index (κ2) is 5.27. The van der Waals surface area contributed by atoms with Gasteiger partial charge in [-0.3, -0.25) is 0 Å². The molecule has 1 unspecified atom stereocenters. The van der Waals surface area contributed by atoms with Crippen LogP contribution in [0.4, 0.5) is 0 Å². The first-order valence-corrected chi connectivity index (χ1v) is 6.46. The monoisotopic (exact) mass is 235 g/mol. The summed E-state index contributed by atoms with van der Waals surface area (Å²) in [6.45, 7) is 3.20. The Labute approximate surface area is 99.9 Å². The first kappa shape index (κ1) is 11.4. The highest BCUT2D eigenvalue weighted by Crippen LogP contribution is 2.27. The van der Waals surface area contributed by atoms with Gasteiger partial charge in [0.25, 0.3) is 0 Å². The maximum atomic E-state index is 4.70. The van der Waals surface area contributed by atoms with Gasteiger partial charge in [0, 0.05) is 35.8 Å². The molecule has 0 saturated heterocycles. The fraction of sp³-hybridized carbons (Fsp3) is 0.417. The first-order valence-electron chi connectivity index (χ1n) is 5.58. The second-order valence-corrected chi connectivity index (χ2v) is 4.72. The molecular weight excluding hydrogens is 218 g/mol. The van der Waals surface area contributed by atoms with E-state index in [4.69, 9.17) is 4.98 Å². The Morgan fingerprint density at radius 3 is 3.06 bits per heavy atom. The van der Waals surface area contributed by atoms with Crippen LogP contribution in [-0.4, -0.2) is 23.6 Å². The summed E-state index contributed by atoms with van der Waals surface area (Å²) in [6.07, 6.45) is 5.04. The van der Waals surface area contributed by atoms with Gasteiger partial charge < -0.3 is 10.3 Å². The number of aromatic nitrogens is 2. The van der Waals surface area contributed by atoms with Crippen LogP contribution in [0.3, 0.4) is 0 Å². The molecule has 0 aliphatic rings. The topological polar surface area (TPSA) is 40.7 Å². The Morgan fingerprint density at radius 1 is 1.56 bits per heavy atom. The van der Waals surface area contributed by atoms with Gasteiger partial charge in [0.05, 0.1) is 10.7 Å². The van der Waals surface area contributed by atoms with E-state index in [-0.39, 0.29) is 0 Å². The van der Waals surface area contributed by atoms with E-state index in [1.54, 1.807) is 11.3 Å². The van der Waals surface area contributed by atoms with E-state index in [0.29, 0.717) is 5.92 Å². The number of hydrogen-bond acceptors (Lipinski definition) is 3. The molecule has 0 saturated carbocycles. The van der Waals surface area contributed by atoms with Crippen molar-refractivity contribution in [2.24, 2.45) is 0 Å². The fourth-order valence-corrected chi connectivity index (χ4v) is 2.76. The summed E-state index contributed by atoms with van der Waals surface area (Å²) < 4.78 is 0. The minimum atomic E-state index is 0.530. The predicted molar refractivity (Wildman–Crippen MR) is 68.9 cm³/mol. The normalized spacial score (nSPS) is 12.9. The molecule has 16 heavy (non-hydrogen) atoms. The van der Waals surface area contributed by atoms with Gasteiger partial charge in [-0.2, -0.15) is 0 Å². The van der Waals surface area contributed by atoms with Crippen LogP contribution in [0.1, 0.15) is 24.3 Å². The van der Waals surface area contributed by atoms with E-state index in [9.17, 15) is 0 Å². The van der Waals surface area contributed by atoms with Crippen LogP contribution in [0.2, 0.25) is 0 Å². The van der Waals surface area contributed by atoms with Crippen LogP contribution in [-0.2, 0) is 0 Å². The molecule has 0 aliphatic heterocycles. The minimum Gasteiger partial charge on any atom is -0.367 e. The SMILES string of the molecule is CCC(CNC)c1nc(-c2cc[nH]c2)cs1. The van der Waals surface area contributed by atoms with Crippen molar-refractivity contribution in [2.75, 3.05) is 13.6 Å². The summed E-state index contributed by atoms with van der Waals surface area (Å²) in [5.41, 5.74) is 2.25. The van der Waals surface area contributed by atoms with Crippen LogP contribution in [0, 0.1) is 0 Å². The number of H-pyrrole nitrogens is 1. The zero-order valence-corrected chi connectivity index (χ0v) is 10.5. The van der Waals surface area contributed by atoms with Crippen LogP contribution >= 0.6 is 11.3 Å². The average Bonchev–Trinajstić information content (AvgIpc) is 2.95. The number of likely N-dealkylation sites (N-methyl/N-ethyl adjacent to an activating group) is 1. The van der Waals surface area contributed by atoms with Crippen molar-refractivity contribution < 1.29 is 0 Å². The highest BCUT2D eigenvalue weighted by atomic mass is 32.1. The summed E-state index contributed by atoms with van der Waals surface area (Å²) in [6, 6.07) is 2.05. The van der Waals surface area contributed by atoms with Gasteiger partial charge in [0.1, 0.15) is 0 Å². The Morgan fingerprint density at radius 2 is 2.44 bits per heavy atom. The zero-order valence-electron chi connectivity index (χ0n) is 9.66. The van der Waals surface area contributed by atoms with Crippen molar-refractivity contribution >= 4 is 11.3 Å². The molecule has 1 atom stereocenters. The summed E-state index contributed by atoms with van der Waals surface area (Å²) in [7, 11) is 1.99. The maximum absolute atomic E-state index is 4.70. The van der Waals surface area contributed by atoms with E-state index >= 15 is 0 Å². The Bertz CT molecular complexity index is 419. The molecule has 0 bridgehead atoms. The molecule has 0 aliphatic carbocycles. The number of hydrogen-bond donors (Lipinski definition) is 2. The Kier molecular flexibility index (Phi) is 3.74. The molecule has 86 valence electrons. The first-order chi connectivity index (χ1) is 7.85. The lowest BCUT2D eigenvalue weighted by Crippen LogP contribution is -2.16. The van der Waals surface area contributed by atoms with Crippen molar-refractivity contribution in [3.05, 3.63) is 28.8 Å². The lowest BCUT2D eigenvalue weighted by Gasteiger charge is -2.10. The summed E-state index contributed by atoms with van der Waals surface area (Å²) in [5, 5.41) is 6.59. The molecule has 4 heteroatoms. The van der Waals surface area contributed by atoms with Crippen molar-refractivity contribution in [3.63, 3.8) is 0 Å². The van der Waals surface area contributed by atoms with Gasteiger partial charge in [0.15, 0.2) is 0 Å². The molecule has 0 spiro atoms. The van der Waals surface area contributed by atoms with E-state index in [2.05, 4.69) is 28.7 Å². The molecule has 2 aromatic rings. The van der Waals surface area contributed by atoms with Gasteiger partial charge >= 0.3 is 0 Å². The van der Waals surface area contributed by atoms with E-state index in [0.717, 1.165) is 18.7 Å². The van der Waals surface area contributed by atoms with Crippen LogP contribution in [0.15, 0.2) is 23.8 Å². The number of thiazole rings is 1. The lowest BCUT2D eigenvalue weighted by atomic mass is 10.1.